The molecule has 0 amide bonds. The molecule has 3 nitrogen and oxygen atoms in total. The third kappa shape index (κ3) is 3.34. The molecule has 2 rings (SSSR count). The van der Waals surface area contributed by atoms with E-state index in [2.05, 4.69) is 37.2 Å². The van der Waals surface area contributed by atoms with Gasteiger partial charge in [-0.1, -0.05) is 0 Å². The van der Waals surface area contributed by atoms with Crippen LogP contribution in [0, 0.1) is 0 Å². The lowest BCUT2D eigenvalue weighted by molar-refractivity contribution is 0.0697. The average Bonchev–Trinajstić information content (AvgIpc) is 2.67. The first-order chi connectivity index (χ1) is 8.56. The van der Waals surface area contributed by atoms with Crippen molar-refractivity contribution < 1.29 is 9.90 Å². The van der Waals surface area contributed by atoms with Crippen LogP contribution in [0.4, 0.5) is 5.69 Å². The van der Waals surface area contributed by atoms with Gasteiger partial charge in [0.2, 0.25) is 0 Å². The van der Waals surface area contributed by atoms with E-state index >= 15 is 0 Å². The van der Waals surface area contributed by atoms with Crippen LogP contribution in [-0.2, 0) is 6.54 Å². The second kappa shape index (κ2) is 5.86. The van der Waals surface area contributed by atoms with Gasteiger partial charge in [-0.05, 0) is 62.2 Å². The minimum Gasteiger partial charge on any atom is -0.478 e. The molecule has 6 heteroatoms. The van der Waals surface area contributed by atoms with E-state index in [0.29, 0.717) is 12.1 Å². The number of carboxylic acid groups (broad SMARTS) is 1. The van der Waals surface area contributed by atoms with E-state index in [9.17, 15) is 4.79 Å². The Bertz CT molecular complexity index is 546. The average molecular weight is 391 g/mol. The lowest BCUT2D eigenvalue weighted by Crippen LogP contribution is -1.99. The van der Waals surface area contributed by atoms with Crippen LogP contribution in [0.25, 0.3) is 0 Å². The molecule has 0 atom stereocenters. The molecule has 0 aliphatic carbocycles. The van der Waals surface area contributed by atoms with Crippen LogP contribution in [0.1, 0.15) is 15.2 Å². The fourth-order valence-electron chi connectivity index (χ4n) is 1.40. The molecule has 94 valence electrons. The summed E-state index contributed by atoms with van der Waals surface area (Å²) < 4.78 is 2.12. The number of carboxylic acids is 1. The molecule has 0 radical (unpaired) electrons. The molecular weight excluding hydrogens is 382 g/mol. The summed E-state index contributed by atoms with van der Waals surface area (Å²) in [5.41, 5.74) is 1.20. The molecule has 0 bridgehead atoms. The van der Waals surface area contributed by atoms with Crippen molar-refractivity contribution in [1.82, 2.24) is 0 Å². The molecule has 0 aliphatic heterocycles. The maximum absolute atomic E-state index is 10.7. The summed E-state index contributed by atoms with van der Waals surface area (Å²) in [4.78, 5) is 11.9. The van der Waals surface area contributed by atoms with Crippen molar-refractivity contribution in [1.29, 1.82) is 0 Å². The molecule has 0 fully saturated rings. The zero-order valence-electron chi connectivity index (χ0n) is 9.11. The summed E-state index contributed by atoms with van der Waals surface area (Å²) in [6, 6.07) is 8.76. The molecule has 0 saturated heterocycles. The number of carbonyl (C=O) groups is 1. The number of thiophene rings is 1. The Hall–Kier alpha value is -0.850. The fourth-order valence-corrected chi connectivity index (χ4v) is 3.51. The molecule has 1 aromatic carbocycles. The van der Waals surface area contributed by atoms with Gasteiger partial charge in [0.15, 0.2) is 0 Å². The van der Waals surface area contributed by atoms with Gasteiger partial charge in [0.05, 0.1) is 9.35 Å². The van der Waals surface area contributed by atoms with Gasteiger partial charge in [-0.15, -0.1) is 11.3 Å². The highest BCUT2D eigenvalue weighted by Crippen LogP contribution is 2.32. The molecule has 18 heavy (non-hydrogen) atoms. The van der Waals surface area contributed by atoms with Crippen LogP contribution in [0.3, 0.4) is 0 Å². The van der Waals surface area contributed by atoms with Gasteiger partial charge in [-0.25, -0.2) is 4.79 Å². The van der Waals surface area contributed by atoms with E-state index in [1.54, 1.807) is 35.6 Å². The Labute approximate surface area is 125 Å². The van der Waals surface area contributed by atoms with Gasteiger partial charge < -0.3 is 10.4 Å². The Kier molecular flexibility index (Phi) is 4.42. The minimum absolute atomic E-state index is 0.294. The number of nitrogens with one attached hydrogen (secondary N) is 1. The van der Waals surface area contributed by atoms with Crippen molar-refractivity contribution in [2.75, 3.05) is 5.32 Å². The zero-order chi connectivity index (χ0) is 13.1. The summed E-state index contributed by atoms with van der Waals surface area (Å²) in [7, 11) is 0. The van der Waals surface area contributed by atoms with Crippen LogP contribution in [-0.4, -0.2) is 11.1 Å². The summed E-state index contributed by atoms with van der Waals surface area (Å²) >= 11 is 8.54. The number of aromatic carboxylic acids is 1. The lowest BCUT2D eigenvalue weighted by atomic mass is 10.2. The normalized spacial score (nSPS) is 10.3. The second-order valence-electron chi connectivity index (χ2n) is 3.57. The SMILES string of the molecule is O=C(O)c1ccc(NCc2cc(Br)c(Br)s2)cc1. The quantitative estimate of drug-likeness (QED) is 0.802. The molecule has 1 aromatic heterocycles. The number of halogens is 2. The highest BCUT2D eigenvalue weighted by atomic mass is 79.9. The van der Waals surface area contributed by atoms with Crippen molar-refractivity contribution in [2.24, 2.45) is 0 Å². The maximum atomic E-state index is 10.7. The van der Waals surface area contributed by atoms with Crippen molar-refractivity contribution in [3.05, 3.63) is 49.0 Å². The van der Waals surface area contributed by atoms with Crippen molar-refractivity contribution in [2.45, 2.75) is 6.54 Å². The first-order valence-electron chi connectivity index (χ1n) is 5.07. The van der Waals surface area contributed by atoms with Gasteiger partial charge in [-0.2, -0.15) is 0 Å². The van der Waals surface area contributed by atoms with Crippen LogP contribution >= 0.6 is 43.2 Å². The van der Waals surface area contributed by atoms with E-state index in [1.165, 1.54) is 4.88 Å². The summed E-state index contributed by atoms with van der Waals surface area (Å²) in [5.74, 6) is -0.910. The first kappa shape index (κ1) is 13.6. The van der Waals surface area contributed by atoms with Crippen molar-refractivity contribution in [3.63, 3.8) is 0 Å². The Morgan fingerprint density at radius 1 is 1.28 bits per heavy atom. The maximum Gasteiger partial charge on any atom is 0.335 e. The van der Waals surface area contributed by atoms with Crippen LogP contribution < -0.4 is 5.32 Å². The molecular formula is C12H9Br2NO2S. The smallest absolute Gasteiger partial charge is 0.335 e. The Morgan fingerprint density at radius 2 is 1.94 bits per heavy atom. The minimum atomic E-state index is -0.910. The predicted molar refractivity (Wildman–Crippen MR) is 80.4 cm³/mol. The molecule has 0 unspecified atom stereocenters. The summed E-state index contributed by atoms with van der Waals surface area (Å²) in [5, 5.41) is 12.0. The monoisotopic (exact) mass is 389 g/mol. The molecule has 0 spiro atoms. The molecule has 1 heterocycles. The number of rotatable bonds is 4. The van der Waals surface area contributed by atoms with Gasteiger partial charge in [-0.3, -0.25) is 0 Å². The third-order valence-electron chi connectivity index (χ3n) is 2.29. The molecule has 2 aromatic rings. The van der Waals surface area contributed by atoms with Crippen molar-refractivity contribution in [3.8, 4) is 0 Å². The van der Waals surface area contributed by atoms with Crippen molar-refractivity contribution >= 4 is 54.9 Å². The van der Waals surface area contributed by atoms with Gasteiger partial charge in [0, 0.05) is 21.6 Å². The highest BCUT2D eigenvalue weighted by molar-refractivity contribution is 9.13. The molecule has 2 N–H and O–H groups in total. The molecule has 0 aliphatic rings. The standard InChI is InChI=1S/C12H9Br2NO2S/c13-10-5-9(18-11(10)14)6-15-8-3-1-7(2-4-8)12(16)17/h1-5,15H,6H2,(H,16,17). The van der Waals surface area contributed by atoms with E-state index in [-0.39, 0.29) is 0 Å². The van der Waals surface area contributed by atoms with Gasteiger partial charge in [0.1, 0.15) is 0 Å². The fraction of sp³-hybridized carbons (Fsp3) is 0.0833. The third-order valence-corrected chi connectivity index (χ3v) is 5.55. The van der Waals surface area contributed by atoms with Crippen LogP contribution in [0.2, 0.25) is 0 Å². The van der Waals surface area contributed by atoms with E-state index in [4.69, 9.17) is 5.11 Å². The topological polar surface area (TPSA) is 49.3 Å². The second-order valence-corrected chi connectivity index (χ2v) is 6.88. The predicted octanol–water partition coefficient (Wildman–Crippen LogP) is 4.58. The number of benzene rings is 1. The number of hydrogen-bond donors (Lipinski definition) is 2. The summed E-state index contributed by atoms with van der Waals surface area (Å²) in [6.45, 7) is 0.710. The molecule has 0 saturated carbocycles. The van der Waals surface area contributed by atoms with E-state index in [0.717, 1.165) is 13.9 Å². The largest absolute Gasteiger partial charge is 0.478 e. The lowest BCUT2D eigenvalue weighted by Gasteiger charge is -2.04. The van der Waals surface area contributed by atoms with Gasteiger partial charge in [0.25, 0.3) is 0 Å². The number of anilines is 1. The highest BCUT2D eigenvalue weighted by Gasteiger charge is 2.04. The number of hydrogen-bond acceptors (Lipinski definition) is 3. The zero-order valence-corrected chi connectivity index (χ0v) is 13.1. The van der Waals surface area contributed by atoms with E-state index in [1.807, 2.05) is 6.07 Å². The van der Waals surface area contributed by atoms with Gasteiger partial charge >= 0.3 is 5.97 Å². The van der Waals surface area contributed by atoms with Crippen LogP contribution in [0.5, 0.6) is 0 Å². The Balaban J connectivity index is 2.00. The summed E-state index contributed by atoms with van der Waals surface area (Å²) in [6.07, 6.45) is 0. The van der Waals surface area contributed by atoms with E-state index < -0.39 is 5.97 Å². The Morgan fingerprint density at radius 3 is 2.44 bits per heavy atom. The first-order valence-corrected chi connectivity index (χ1v) is 7.47. The van der Waals surface area contributed by atoms with Crippen LogP contribution in [0.15, 0.2) is 38.6 Å².